The van der Waals surface area contributed by atoms with Crippen LogP contribution in [-0.2, 0) is 4.79 Å². The van der Waals surface area contributed by atoms with Gasteiger partial charge < -0.3 is 5.32 Å². The number of aliphatic imine (C=N–C) groups is 1. The number of rotatable bonds is 3. The molecule has 3 amide bonds. The molecular weight excluding hydrogens is 252 g/mol. The first-order chi connectivity index (χ1) is 9.08. The summed E-state index contributed by atoms with van der Waals surface area (Å²) in [6, 6.07) is 4.71. The van der Waals surface area contributed by atoms with Crippen LogP contribution < -0.4 is 10.6 Å². The summed E-state index contributed by atoms with van der Waals surface area (Å²) in [4.78, 5) is 36.5. The maximum absolute atomic E-state index is 11.4. The molecule has 1 aliphatic heterocycles. The van der Waals surface area contributed by atoms with Gasteiger partial charge in [0.05, 0.1) is 17.0 Å². The summed E-state index contributed by atoms with van der Waals surface area (Å²) in [5.41, 5.74) is 0.212. The molecule has 8 nitrogen and oxygen atoms in total. The number of carbonyl (C=O) groups excluding carboxylic acids is 2. The van der Waals surface area contributed by atoms with Gasteiger partial charge in [-0.05, 0) is 6.07 Å². The minimum atomic E-state index is -0.780. The highest BCUT2D eigenvalue weighted by Gasteiger charge is 2.25. The van der Waals surface area contributed by atoms with Crippen LogP contribution in [0.25, 0.3) is 0 Å². The van der Waals surface area contributed by atoms with Crippen molar-refractivity contribution >= 4 is 23.8 Å². The normalized spacial score (nSPS) is 19.1. The van der Waals surface area contributed by atoms with Crippen LogP contribution in [0.4, 0.5) is 10.5 Å². The summed E-state index contributed by atoms with van der Waals surface area (Å²) in [5.74, 6) is -0.529. The molecule has 1 aliphatic rings. The van der Waals surface area contributed by atoms with E-state index in [2.05, 4.69) is 15.6 Å². The number of nitro benzene ring substituents is 1. The van der Waals surface area contributed by atoms with Gasteiger partial charge in [0.2, 0.25) is 0 Å². The van der Waals surface area contributed by atoms with Crippen LogP contribution in [0.1, 0.15) is 5.56 Å². The van der Waals surface area contributed by atoms with E-state index in [0.29, 0.717) is 5.56 Å². The smallest absolute Gasteiger partial charge is 0.321 e. The molecule has 0 aliphatic carbocycles. The fourth-order valence-corrected chi connectivity index (χ4v) is 1.58. The zero-order valence-electron chi connectivity index (χ0n) is 9.70. The third-order valence-corrected chi connectivity index (χ3v) is 2.52. The Labute approximate surface area is 107 Å². The van der Waals surface area contributed by atoms with Crippen LogP contribution in [0.3, 0.4) is 0 Å². The van der Waals surface area contributed by atoms with E-state index in [1.54, 1.807) is 12.1 Å². The highest BCUT2D eigenvalue weighted by Crippen LogP contribution is 2.15. The van der Waals surface area contributed by atoms with E-state index in [4.69, 9.17) is 0 Å². The minimum absolute atomic E-state index is 0.0712. The van der Waals surface area contributed by atoms with Crippen LogP contribution in [0.15, 0.2) is 29.3 Å². The molecule has 0 radical (unpaired) electrons. The fourth-order valence-electron chi connectivity index (χ4n) is 1.58. The second kappa shape index (κ2) is 5.25. The number of para-hydroxylation sites is 1. The Morgan fingerprint density at radius 1 is 1.37 bits per heavy atom. The summed E-state index contributed by atoms with van der Waals surface area (Å²) in [6.07, 6.45) is 1.26. The highest BCUT2D eigenvalue weighted by molar-refractivity contribution is 6.00. The van der Waals surface area contributed by atoms with Crippen molar-refractivity contribution in [3.8, 4) is 0 Å². The Bertz CT molecular complexity index is 570. The molecule has 1 atom stereocenters. The Morgan fingerprint density at radius 2 is 2.11 bits per heavy atom. The van der Waals surface area contributed by atoms with Gasteiger partial charge in [0.25, 0.3) is 11.6 Å². The Morgan fingerprint density at radius 3 is 2.79 bits per heavy atom. The van der Waals surface area contributed by atoms with Crippen molar-refractivity contribution in [2.24, 2.45) is 4.99 Å². The van der Waals surface area contributed by atoms with Gasteiger partial charge in [-0.1, -0.05) is 12.1 Å². The maximum atomic E-state index is 11.4. The molecule has 0 bridgehead atoms. The predicted molar refractivity (Wildman–Crippen MR) is 66.0 cm³/mol. The number of urea groups is 1. The van der Waals surface area contributed by atoms with Crippen molar-refractivity contribution < 1.29 is 14.5 Å². The zero-order chi connectivity index (χ0) is 13.8. The second-order valence-corrected chi connectivity index (χ2v) is 3.81. The molecule has 0 aromatic heterocycles. The Hall–Kier alpha value is -2.77. The maximum Gasteiger partial charge on any atom is 0.321 e. The van der Waals surface area contributed by atoms with Crippen LogP contribution in [0, 0.1) is 10.1 Å². The number of benzene rings is 1. The van der Waals surface area contributed by atoms with Gasteiger partial charge in [-0.15, -0.1) is 0 Å². The molecule has 1 aromatic carbocycles. The van der Waals surface area contributed by atoms with Crippen LogP contribution in [0.5, 0.6) is 0 Å². The molecule has 19 heavy (non-hydrogen) atoms. The van der Waals surface area contributed by atoms with Crippen molar-refractivity contribution in [1.82, 2.24) is 10.6 Å². The molecule has 2 rings (SSSR count). The molecule has 0 saturated carbocycles. The van der Waals surface area contributed by atoms with Gasteiger partial charge in [-0.25, -0.2) is 4.79 Å². The number of carbonyl (C=O) groups is 2. The topological polar surface area (TPSA) is 114 Å². The third-order valence-electron chi connectivity index (χ3n) is 2.52. The van der Waals surface area contributed by atoms with E-state index in [-0.39, 0.29) is 12.2 Å². The SMILES string of the molecule is O=C1NCC(N=Cc2ccccc2[N+](=O)[O-])C(=O)N1. The average Bonchev–Trinajstić information content (AvgIpc) is 2.38. The fraction of sp³-hybridized carbons (Fsp3) is 0.182. The first-order valence-electron chi connectivity index (χ1n) is 5.43. The molecular formula is C11H10N4O4. The molecule has 8 heteroatoms. The van der Waals surface area contributed by atoms with Crippen molar-refractivity contribution in [2.75, 3.05) is 6.54 Å². The number of nitrogens with zero attached hydrogens (tertiary/aromatic N) is 2. The average molecular weight is 262 g/mol. The summed E-state index contributed by atoms with van der Waals surface area (Å²) in [6.45, 7) is 0.0712. The van der Waals surface area contributed by atoms with Gasteiger partial charge >= 0.3 is 6.03 Å². The molecule has 1 saturated heterocycles. The van der Waals surface area contributed by atoms with Gasteiger partial charge in [0.15, 0.2) is 0 Å². The highest BCUT2D eigenvalue weighted by atomic mass is 16.6. The second-order valence-electron chi connectivity index (χ2n) is 3.81. The molecule has 1 aromatic rings. The van der Waals surface area contributed by atoms with E-state index < -0.39 is 22.9 Å². The lowest BCUT2D eigenvalue weighted by atomic mass is 10.2. The monoisotopic (exact) mass is 262 g/mol. The van der Waals surface area contributed by atoms with E-state index >= 15 is 0 Å². The van der Waals surface area contributed by atoms with E-state index in [9.17, 15) is 19.7 Å². The number of nitrogens with one attached hydrogen (secondary N) is 2. The first-order valence-corrected chi connectivity index (χ1v) is 5.43. The van der Waals surface area contributed by atoms with Crippen LogP contribution in [-0.4, -0.2) is 35.7 Å². The first kappa shape index (κ1) is 12.7. The lowest BCUT2D eigenvalue weighted by Gasteiger charge is -2.18. The third kappa shape index (κ3) is 2.92. The largest absolute Gasteiger partial charge is 0.335 e. The minimum Gasteiger partial charge on any atom is -0.335 e. The van der Waals surface area contributed by atoms with Gasteiger partial charge in [-0.3, -0.25) is 25.2 Å². The zero-order valence-corrected chi connectivity index (χ0v) is 9.70. The molecule has 2 N–H and O–H groups in total. The number of imide groups is 1. The van der Waals surface area contributed by atoms with Crippen molar-refractivity contribution in [3.63, 3.8) is 0 Å². The predicted octanol–water partition coefficient (Wildman–Crippen LogP) is 0.222. The lowest BCUT2D eigenvalue weighted by molar-refractivity contribution is -0.385. The molecule has 1 fully saturated rings. The summed E-state index contributed by atoms with van der Waals surface area (Å²) >= 11 is 0. The van der Waals surface area contributed by atoms with E-state index in [1.807, 2.05) is 0 Å². The Balaban J connectivity index is 2.17. The standard InChI is InChI=1S/C11H10N4O4/c16-10-8(6-13-11(17)14-10)12-5-7-3-1-2-4-9(7)15(18)19/h1-5,8H,6H2,(H2,13,14,16,17). The molecule has 98 valence electrons. The number of nitro groups is 1. The van der Waals surface area contributed by atoms with Crippen molar-refractivity contribution in [2.45, 2.75) is 6.04 Å². The number of hydrogen-bond acceptors (Lipinski definition) is 5. The van der Waals surface area contributed by atoms with Crippen LogP contribution >= 0.6 is 0 Å². The summed E-state index contributed by atoms with van der Waals surface area (Å²) in [7, 11) is 0. The van der Waals surface area contributed by atoms with Crippen LogP contribution in [0.2, 0.25) is 0 Å². The van der Waals surface area contributed by atoms with Gasteiger partial charge in [-0.2, -0.15) is 0 Å². The number of amides is 3. The lowest BCUT2D eigenvalue weighted by Crippen LogP contribution is -2.54. The van der Waals surface area contributed by atoms with Crippen molar-refractivity contribution in [3.05, 3.63) is 39.9 Å². The summed E-state index contributed by atoms with van der Waals surface area (Å²) in [5, 5.41) is 15.3. The molecule has 1 unspecified atom stereocenters. The molecule has 0 spiro atoms. The summed E-state index contributed by atoms with van der Waals surface area (Å²) < 4.78 is 0. The number of hydrogen-bond donors (Lipinski definition) is 2. The quantitative estimate of drug-likeness (QED) is 0.460. The molecule has 1 heterocycles. The van der Waals surface area contributed by atoms with Gasteiger partial charge in [0, 0.05) is 12.3 Å². The van der Waals surface area contributed by atoms with Crippen molar-refractivity contribution in [1.29, 1.82) is 0 Å². The van der Waals surface area contributed by atoms with E-state index in [1.165, 1.54) is 18.3 Å². The Kier molecular flexibility index (Phi) is 3.51. The van der Waals surface area contributed by atoms with E-state index in [0.717, 1.165) is 0 Å². The van der Waals surface area contributed by atoms with Gasteiger partial charge in [0.1, 0.15) is 6.04 Å².